The number of nitrogens with one attached hydrogen (secondary N) is 1. The minimum Gasteiger partial charge on any atom is -0.349 e. The molecular weight excluding hydrogens is 368 g/mol. The minimum atomic E-state index is -0.0880. The Hall–Kier alpha value is -2.48. The highest BCUT2D eigenvalue weighted by Crippen LogP contribution is 2.27. The molecule has 3 heterocycles. The molecule has 2 amide bonds. The average Bonchev–Trinajstić information content (AvgIpc) is 3.14. The lowest BCUT2D eigenvalue weighted by Crippen LogP contribution is -2.52. The number of pyridine rings is 1. The summed E-state index contributed by atoms with van der Waals surface area (Å²) < 4.78 is 1.89. The lowest BCUT2D eigenvalue weighted by Gasteiger charge is -2.42. The number of carbonyl (C=O) groups is 2. The summed E-state index contributed by atoms with van der Waals surface area (Å²) in [5.41, 5.74) is 1.28. The third kappa shape index (κ3) is 4.42. The third-order valence-corrected chi connectivity index (χ3v) is 5.84. The zero-order valence-corrected chi connectivity index (χ0v) is 18.1. The first-order chi connectivity index (χ1) is 13.8. The van der Waals surface area contributed by atoms with Gasteiger partial charge in [-0.2, -0.15) is 0 Å². The first-order valence-electron chi connectivity index (χ1n) is 10.5. The molecule has 1 aliphatic heterocycles. The van der Waals surface area contributed by atoms with Crippen LogP contribution in [0.15, 0.2) is 18.3 Å². The molecule has 2 aromatic rings. The molecule has 0 radical (unpaired) electrons. The summed E-state index contributed by atoms with van der Waals surface area (Å²) in [6.45, 7) is 12.1. The molecule has 0 saturated carbocycles. The summed E-state index contributed by atoms with van der Waals surface area (Å²) in [4.78, 5) is 28.9. The second-order valence-electron chi connectivity index (χ2n) is 8.00. The van der Waals surface area contributed by atoms with E-state index in [9.17, 15) is 9.59 Å². The van der Waals surface area contributed by atoms with Crippen molar-refractivity contribution in [2.24, 2.45) is 0 Å². The van der Waals surface area contributed by atoms with Gasteiger partial charge in [0.25, 0.3) is 5.91 Å². The molecule has 0 aliphatic carbocycles. The SMILES string of the molecule is CCC(CC)NC(=O)c1ccc2nnc([C@H]3CN(C(C)=O)CCN3C(C)C)n2c1. The Balaban J connectivity index is 1.95. The first kappa shape index (κ1) is 21.2. The fourth-order valence-electron chi connectivity index (χ4n) is 3.96. The molecule has 8 nitrogen and oxygen atoms in total. The van der Waals surface area contributed by atoms with Crippen LogP contribution in [0.25, 0.3) is 5.65 Å². The lowest BCUT2D eigenvalue weighted by molar-refractivity contribution is -0.132. The Kier molecular flexibility index (Phi) is 6.52. The van der Waals surface area contributed by atoms with E-state index in [1.807, 2.05) is 21.6 Å². The van der Waals surface area contributed by atoms with Crippen molar-refractivity contribution in [1.29, 1.82) is 0 Å². The number of carbonyl (C=O) groups excluding carboxylic acids is 2. The van der Waals surface area contributed by atoms with Gasteiger partial charge in [0.05, 0.1) is 11.6 Å². The second kappa shape index (κ2) is 8.90. The summed E-state index contributed by atoms with van der Waals surface area (Å²) in [5.74, 6) is 0.740. The van der Waals surface area contributed by atoms with Crippen molar-refractivity contribution < 1.29 is 9.59 Å². The van der Waals surface area contributed by atoms with E-state index in [1.165, 1.54) is 0 Å². The van der Waals surface area contributed by atoms with E-state index in [1.54, 1.807) is 13.0 Å². The average molecular weight is 401 g/mol. The summed E-state index contributed by atoms with van der Waals surface area (Å²) in [6, 6.07) is 4.01. The van der Waals surface area contributed by atoms with E-state index in [0.717, 1.165) is 25.2 Å². The maximum Gasteiger partial charge on any atom is 0.252 e. The van der Waals surface area contributed by atoms with Gasteiger partial charge >= 0.3 is 0 Å². The van der Waals surface area contributed by atoms with Crippen molar-refractivity contribution in [2.75, 3.05) is 19.6 Å². The molecule has 3 rings (SSSR count). The van der Waals surface area contributed by atoms with Gasteiger partial charge in [-0.05, 0) is 38.8 Å². The molecule has 0 bridgehead atoms. The second-order valence-corrected chi connectivity index (χ2v) is 8.00. The summed E-state index contributed by atoms with van der Waals surface area (Å²) in [7, 11) is 0. The van der Waals surface area contributed by atoms with E-state index in [-0.39, 0.29) is 23.9 Å². The van der Waals surface area contributed by atoms with Crippen molar-refractivity contribution in [3.8, 4) is 0 Å². The van der Waals surface area contributed by atoms with Crippen LogP contribution in [0.3, 0.4) is 0 Å². The van der Waals surface area contributed by atoms with Crippen LogP contribution in [0.2, 0.25) is 0 Å². The predicted molar refractivity (Wildman–Crippen MR) is 112 cm³/mol. The monoisotopic (exact) mass is 400 g/mol. The van der Waals surface area contributed by atoms with Crippen molar-refractivity contribution >= 4 is 17.5 Å². The van der Waals surface area contributed by atoms with E-state index >= 15 is 0 Å². The smallest absolute Gasteiger partial charge is 0.252 e. The third-order valence-electron chi connectivity index (χ3n) is 5.84. The van der Waals surface area contributed by atoms with Crippen LogP contribution < -0.4 is 5.32 Å². The first-order valence-corrected chi connectivity index (χ1v) is 10.5. The Morgan fingerprint density at radius 2 is 1.90 bits per heavy atom. The Morgan fingerprint density at radius 3 is 2.52 bits per heavy atom. The van der Waals surface area contributed by atoms with Gasteiger partial charge in [0.1, 0.15) is 0 Å². The highest BCUT2D eigenvalue weighted by Gasteiger charge is 2.34. The highest BCUT2D eigenvalue weighted by molar-refractivity contribution is 5.94. The van der Waals surface area contributed by atoms with E-state index in [0.29, 0.717) is 30.3 Å². The minimum absolute atomic E-state index is 0.0671. The van der Waals surface area contributed by atoms with E-state index < -0.39 is 0 Å². The molecule has 1 saturated heterocycles. The number of nitrogens with zero attached hydrogens (tertiary/aromatic N) is 5. The highest BCUT2D eigenvalue weighted by atomic mass is 16.2. The van der Waals surface area contributed by atoms with Gasteiger partial charge in [-0.3, -0.25) is 18.9 Å². The number of hydrogen-bond donors (Lipinski definition) is 1. The Labute approximate surface area is 172 Å². The fraction of sp³-hybridized carbons (Fsp3) is 0.619. The van der Waals surface area contributed by atoms with Gasteiger partial charge in [-0.1, -0.05) is 13.8 Å². The molecule has 2 aromatic heterocycles. The number of fused-ring (bicyclic) bond motifs is 1. The summed E-state index contributed by atoms with van der Waals surface area (Å²) in [6.07, 6.45) is 3.61. The van der Waals surface area contributed by atoms with E-state index in [4.69, 9.17) is 0 Å². The predicted octanol–water partition coefficient (Wildman–Crippen LogP) is 2.26. The molecule has 29 heavy (non-hydrogen) atoms. The molecular formula is C21H32N6O2. The van der Waals surface area contributed by atoms with Crippen LogP contribution in [0.5, 0.6) is 0 Å². The number of aromatic nitrogens is 3. The quantitative estimate of drug-likeness (QED) is 0.804. The fourth-order valence-corrected chi connectivity index (χ4v) is 3.96. The van der Waals surface area contributed by atoms with Gasteiger partial charge in [0.15, 0.2) is 11.5 Å². The largest absolute Gasteiger partial charge is 0.349 e. The molecule has 1 N–H and O–H groups in total. The summed E-state index contributed by atoms with van der Waals surface area (Å²) in [5, 5.41) is 11.8. The van der Waals surface area contributed by atoms with Crippen molar-refractivity contribution in [3.63, 3.8) is 0 Å². The van der Waals surface area contributed by atoms with Gasteiger partial charge in [0, 0.05) is 44.8 Å². The zero-order valence-electron chi connectivity index (χ0n) is 18.1. The Morgan fingerprint density at radius 1 is 1.17 bits per heavy atom. The van der Waals surface area contributed by atoms with Crippen molar-refractivity contribution in [3.05, 3.63) is 29.7 Å². The molecule has 0 spiro atoms. The van der Waals surface area contributed by atoms with Crippen LogP contribution >= 0.6 is 0 Å². The molecule has 1 atom stereocenters. The molecule has 158 valence electrons. The van der Waals surface area contributed by atoms with Crippen LogP contribution in [-0.2, 0) is 4.79 Å². The molecule has 0 unspecified atom stereocenters. The van der Waals surface area contributed by atoms with Crippen LogP contribution in [0.1, 0.15) is 69.7 Å². The van der Waals surface area contributed by atoms with Crippen molar-refractivity contribution in [1.82, 2.24) is 29.7 Å². The van der Waals surface area contributed by atoms with Crippen LogP contribution in [0, 0.1) is 0 Å². The van der Waals surface area contributed by atoms with E-state index in [2.05, 4.69) is 48.1 Å². The van der Waals surface area contributed by atoms with Crippen LogP contribution in [0.4, 0.5) is 0 Å². The van der Waals surface area contributed by atoms with Gasteiger partial charge < -0.3 is 10.2 Å². The molecule has 0 aromatic carbocycles. The number of rotatable bonds is 6. The topological polar surface area (TPSA) is 82.8 Å². The summed E-state index contributed by atoms with van der Waals surface area (Å²) >= 11 is 0. The Bertz CT molecular complexity index is 873. The molecule has 1 fully saturated rings. The number of hydrogen-bond acceptors (Lipinski definition) is 5. The number of piperazine rings is 1. The van der Waals surface area contributed by atoms with Gasteiger partial charge in [-0.15, -0.1) is 10.2 Å². The standard InChI is InChI=1S/C21H32N6O2/c1-6-17(7-2)22-21(29)16-8-9-19-23-24-20(27(19)12-16)18-13-25(15(5)28)10-11-26(18)14(3)4/h8-9,12,14,17-18H,6-7,10-11,13H2,1-5H3,(H,22,29)/t18-/m1/s1. The maximum absolute atomic E-state index is 12.7. The van der Waals surface area contributed by atoms with Gasteiger partial charge in [0.2, 0.25) is 5.91 Å². The van der Waals surface area contributed by atoms with Crippen molar-refractivity contribution in [2.45, 2.75) is 65.6 Å². The normalized spacial score (nSPS) is 18.0. The molecule has 1 aliphatic rings. The van der Waals surface area contributed by atoms with Crippen LogP contribution in [-0.4, -0.2) is 67.9 Å². The zero-order chi connectivity index (χ0) is 21.1. The number of amides is 2. The van der Waals surface area contributed by atoms with Gasteiger partial charge in [-0.25, -0.2) is 0 Å². The lowest BCUT2D eigenvalue weighted by atomic mass is 10.1. The maximum atomic E-state index is 12.7. The molecule has 8 heteroatoms.